The van der Waals surface area contributed by atoms with Gasteiger partial charge in [-0.05, 0) is 32.4 Å². The molecule has 0 spiro atoms. The van der Waals surface area contributed by atoms with E-state index in [9.17, 15) is 13.2 Å². The molecule has 0 radical (unpaired) electrons. The number of fused-ring (bicyclic) bond motifs is 1. The highest BCUT2D eigenvalue weighted by molar-refractivity contribution is 5.83. The Labute approximate surface area is 130 Å². The molecule has 6 nitrogen and oxygen atoms in total. The minimum atomic E-state index is -4.57. The zero-order chi connectivity index (χ0) is 16.0. The number of aromatic amines is 1. The summed E-state index contributed by atoms with van der Waals surface area (Å²) in [5.41, 5.74) is 0.534. The third-order valence-electron chi connectivity index (χ3n) is 4.64. The summed E-state index contributed by atoms with van der Waals surface area (Å²) in [5.74, 6) is -0.821. The number of likely N-dealkylation sites (tertiary alicyclic amines) is 1. The number of anilines is 1. The van der Waals surface area contributed by atoms with E-state index < -0.39 is 12.0 Å². The van der Waals surface area contributed by atoms with Crippen molar-refractivity contribution in [3.8, 4) is 0 Å². The molecule has 2 aromatic heterocycles. The Morgan fingerprint density at radius 1 is 1.13 bits per heavy atom. The van der Waals surface area contributed by atoms with Crippen LogP contribution < -0.4 is 4.90 Å². The summed E-state index contributed by atoms with van der Waals surface area (Å²) in [5, 5.41) is 0. The molecule has 0 bridgehead atoms. The van der Waals surface area contributed by atoms with Gasteiger partial charge in [-0.25, -0.2) is 15.0 Å². The molecule has 0 amide bonds. The summed E-state index contributed by atoms with van der Waals surface area (Å²) < 4.78 is 39.1. The Hall–Kier alpha value is -1.90. The lowest BCUT2D eigenvalue weighted by molar-refractivity contribution is -0.144. The molecule has 124 valence electrons. The molecule has 2 aromatic rings. The highest BCUT2D eigenvalue weighted by atomic mass is 19.4. The Balaban J connectivity index is 1.66. The van der Waals surface area contributed by atoms with Gasteiger partial charge in [0.25, 0.3) is 0 Å². The van der Waals surface area contributed by atoms with Crippen molar-refractivity contribution in [1.82, 2.24) is 24.8 Å². The van der Waals surface area contributed by atoms with Crippen LogP contribution in [0.4, 0.5) is 19.0 Å². The van der Waals surface area contributed by atoms with Gasteiger partial charge in [0.05, 0.1) is 6.33 Å². The number of hydrogen-bond acceptors (Lipinski definition) is 5. The van der Waals surface area contributed by atoms with Crippen molar-refractivity contribution >= 4 is 17.0 Å². The van der Waals surface area contributed by atoms with Crippen molar-refractivity contribution in [1.29, 1.82) is 0 Å². The fourth-order valence-electron chi connectivity index (χ4n) is 3.51. The lowest BCUT2D eigenvalue weighted by Gasteiger charge is -2.24. The number of nitrogens with one attached hydrogen (secondary N) is 1. The van der Waals surface area contributed by atoms with Gasteiger partial charge >= 0.3 is 6.18 Å². The standard InChI is InChI=1S/C14H17F3N6/c15-14(16,17)13-20-11-10(18-8-19-11)12(21-13)23-6-3-9(7-23)22-4-1-2-5-22/h8-9H,1-7H2,(H,18,19,20,21). The van der Waals surface area contributed by atoms with Gasteiger partial charge in [-0.1, -0.05) is 0 Å². The van der Waals surface area contributed by atoms with Crippen molar-refractivity contribution in [2.24, 2.45) is 0 Å². The molecular weight excluding hydrogens is 309 g/mol. The van der Waals surface area contributed by atoms with E-state index in [1.165, 1.54) is 19.2 Å². The number of imidazole rings is 1. The Kier molecular flexibility index (Phi) is 3.40. The zero-order valence-corrected chi connectivity index (χ0v) is 12.5. The fraction of sp³-hybridized carbons (Fsp3) is 0.643. The first-order chi connectivity index (χ1) is 11.0. The maximum atomic E-state index is 13.0. The summed E-state index contributed by atoms with van der Waals surface area (Å²) in [6.45, 7) is 3.55. The molecule has 1 N–H and O–H groups in total. The molecule has 4 rings (SSSR count). The van der Waals surface area contributed by atoms with Crippen LogP contribution in [0, 0.1) is 0 Å². The topological polar surface area (TPSA) is 60.9 Å². The molecule has 2 aliphatic rings. The number of rotatable bonds is 2. The van der Waals surface area contributed by atoms with Crippen molar-refractivity contribution in [2.45, 2.75) is 31.5 Å². The summed E-state index contributed by atoms with van der Waals surface area (Å²) in [4.78, 5) is 18.4. The van der Waals surface area contributed by atoms with Crippen molar-refractivity contribution in [3.05, 3.63) is 12.2 Å². The van der Waals surface area contributed by atoms with Crippen LogP contribution in [0.1, 0.15) is 25.1 Å². The first-order valence-corrected chi connectivity index (χ1v) is 7.80. The van der Waals surface area contributed by atoms with Crippen LogP contribution in [0.2, 0.25) is 0 Å². The smallest absolute Gasteiger partial charge is 0.353 e. The summed E-state index contributed by atoms with van der Waals surface area (Å²) >= 11 is 0. The van der Waals surface area contributed by atoms with Gasteiger partial charge in [0, 0.05) is 19.1 Å². The van der Waals surface area contributed by atoms with Crippen LogP contribution in [-0.2, 0) is 6.18 Å². The Bertz CT molecular complexity index is 706. The second-order valence-corrected chi connectivity index (χ2v) is 6.10. The second kappa shape index (κ2) is 5.33. The number of halogens is 3. The normalized spacial score (nSPS) is 23.3. The van der Waals surface area contributed by atoms with Crippen LogP contribution in [-0.4, -0.2) is 57.1 Å². The lowest BCUT2D eigenvalue weighted by Crippen LogP contribution is -2.35. The van der Waals surface area contributed by atoms with Crippen LogP contribution in [0.15, 0.2) is 6.33 Å². The van der Waals surface area contributed by atoms with Gasteiger partial charge in [-0.15, -0.1) is 0 Å². The molecule has 0 aliphatic carbocycles. The summed E-state index contributed by atoms with van der Waals surface area (Å²) in [7, 11) is 0. The van der Waals surface area contributed by atoms with Crippen LogP contribution in [0.3, 0.4) is 0 Å². The predicted molar refractivity (Wildman–Crippen MR) is 78.1 cm³/mol. The number of H-pyrrole nitrogens is 1. The van der Waals surface area contributed by atoms with E-state index in [2.05, 4.69) is 24.8 Å². The van der Waals surface area contributed by atoms with Gasteiger partial charge in [-0.3, -0.25) is 4.90 Å². The third-order valence-corrected chi connectivity index (χ3v) is 4.64. The summed E-state index contributed by atoms with van der Waals surface area (Å²) in [6.07, 6.45) is 0.133. The van der Waals surface area contributed by atoms with Gasteiger partial charge < -0.3 is 9.88 Å². The Morgan fingerprint density at radius 2 is 1.91 bits per heavy atom. The molecule has 0 aromatic carbocycles. The predicted octanol–water partition coefficient (Wildman–Crippen LogP) is 2.05. The van der Waals surface area contributed by atoms with Crippen LogP contribution >= 0.6 is 0 Å². The van der Waals surface area contributed by atoms with Gasteiger partial charge in [0.2, 0.25) is 5.82 Å². The van der Waals surface area contributed by atoms with E-state index in [1.54, 1.807) is 0 Å². The minimum Gasteiger partial charge on any atom is -0.353 e. The molecule has 2 saturated heterocycles. The van der Waals surface area contributed by atoms with Gasteiger partial charge in [0.1, 0.15) is 5.52 Å². The van der Waals surface area contributed by atoms with Crippen LogP contribution in [0.25, 0.3) is 11.2 Å². The molecule has 4 heterocycles. The van der Waals surface area contributed by atoms with Gasteiger partial charge in [-0.2, -0.15) is 13.2 Å². The van der Waals surface area contributed by atoms with E-state index in [4.69, 9.17) is 0 Å². The lowest BCUT2D eigenvalue weighted by atomic mass is 10.2. The van der Waals surface area contributed by atoms with E-state index in [-0.39, 0.29) is 5.65 Å². The first kappa shape index (κ1) is 14.7. The SMILES string of the molecule is FC(F)(F)c1nc(N2CCC(N3CCCC3)C2)c2[nH]cnc2n1. The van der Waals surface area contributed by atoms with E-state index in [0.29, 0.717) is 30.5 Å². The largest absolute Gasteiger partial charge is 0.451 e. The first-order valence-electron chi connectivity index (χ1n) is 7.80. The van der Waals surface area contributed by atoms with Gasteiger partial charge in [0.15, 0.2) is 11.5 Å². The highest BCUT2D eigenvalue weighted by Gasteiger charge is 2.38. The van der Waals surface area contributed by atoms with E-state index >= 15 is 0 Å². The minimum absolute atomic E-state index is 0.0620. The average Bonchev–Trinajstić information content (AvgIpc) is 3.24. The third kappa shape index (κ3) is 2.62. The number of nitrogens with zero attached hydrogens (tertiary/aromatic N) is 5. The molecule has 0 saturated carbocycles. The highest BCUT2D eigenvalue weighted by Crippen LogP contribution is 2.32. The molecule has 1 unspecified atom stereocenters. The molecule has 23 heavy (non-hydrogen) atoms. The molecule has 2 fully saturated rings. The van der Waals surface area contributed by atoms with E-state index in [0.717, 1.165) is 19.5 Å². The second-order valence-electron chi connectivity index (χ2n) is 6.10. The van der Waals surface area contributed by atoms with Crippen molar-refractivity contribution in [3.63, 3.8) is 0 Å². The average molecular weight is 326 g/mol. The van der Waals surface area contributed by atoms with Crippen molar-refractivity contribution < 1.29 is 13.2 Å². The van der Waals surface area contributed by atoms with Crippen LogP contribution in [0.5, 0.6) is 0 Å². The Morgan fingerprint density at radius 3 is 2.65 bits per heavy atom. The molecule has 9 heteroatoms. The molecule has 2 aliphatic heterocycles. The van der Waals surface area contributed by atoms with E-state index in [1.807, 2.05) is 4.90 Å². The fourth-order valence-corrected chi connectivity index (χ4v) is 3.51. The molecular formula is C14H17F3N6. The monoisotopic (exact) mass is 326 g/mol. The summed E-state index contributed by atoms with van der Waals surface area (Å²) in [6, 6.07) is 0.389. The quantitative estimate of drug-likeness (QED) is 0.915. The number of alkyl halides is 3. The molecule has 1 atom stereocenters. The number of hydrogen-bond donors (Lipinski definition) is 1. The maximum absolute atomic E-state index is 13.0. The number of aromatic nitrogens is 4. The zero-order valence-electron chi connectivity index (χ0n) is 12.5. The maximum Gasteiger partial charge on any atom is 0.451 e. The van der Waals surface area contributed by atoms with Crippen molar-refractivity contribution in [2.75, 3.05) is 31.1 Å².